The lowest BCUT2D eigenvalue weighted by molar-refractivity contribution is 0.824. The van der Waals surface area contributed by atoms with E-state index in [1.165, 1.54) is 40.7 Å². The Hall–Kier alpha value is -2.94. The first kappa shape index (κ1) is 15.3. The summed E-state index contributed by atoms with van der Waals surface area (Å²) in [5.74, 6) is 0.761. The summed E-state index contributed by atoms with van der Waals surface area (Å²) < 4.78 is 1.93. The molecule has 3 heteroatoms. The van der Waals surface area contributed by atoms with Crippen LogP contribution in [0.15, 0.2) is 60.7 Å². The van der Waals surface area contributed by atoms with Gasteiger partial charge < -0.3 is 0 Å². The second-order valence-corrected chi connectivity index (χ2v) is 7.34. The van der Waals surface area contributed by atoms with Gasteiger partial charge in [-0.05, 0) is 84.7 Å². The molecule has 26 heavy (non-hydrogen) atoms. The SMILES string of the molecule is Cc1ccc(C2CC2)cc1-c1cc(-n2nnc3ccccc32)ccc1C. The Kier molecular flexibility index (Phi) is 3.42. The number of fused-ring (bicyclic) bond motifs is 1. The summed E-state index contributed by atoms with van der Waals surface area (Å²) in [6, 6.07) is 21.6. The van der Waals surface area contributed by atoms with Crippen LogP contribution in [-0.4, -0.2) is 15.0 Å². The molecular formula is C23H21N3. The third kappa shape index (κ3) is 2.51. The average molecular weight is 339 g/mol. The largest absolute Gasteiger partial charge is 0.213 e. The van der Waals surface area contributed by atoms with Gasteiger partial charge in [0, 0.05) is 0 Å². The highest BCUT2D eigenvalue weighted by molar-refractivity contribution is 5.78. The van der Waals surface area contributed by atoms with E-state index in [0.717, 1.165) is 22.6 Å². The smallest absolute Gasteiger partial charge is 0.113 e. The zero-order valence-electron chi connectivity index (χ0n) is 15.1. The van der Waals surface area contributed by atoms with Crippen LogP contribution in [0, 0.1) is 13.8 Å². The maximum atomic E-state index is 4.37. The summed E-state index contributed by atoms with van der Waals surface area (Å²) in [6.07, 6.45) is 2.65. The predicted octanol–water partition coefficient (Wildman–Crippen LogP) is 5.58. The highest BCUT2D eigenvalue weighted by atomic mass is 15.4. The van der Waals surface area contributed by atoms with Gasteiger partial charge in [0.05, 0.1) is 11.2 Å². The molecule has 0 spiro atoms. The summed E-state index contributed by atoms with van der Waals surface area (Å²) in [5.41, 5.74) is 9.69. The molecule has 0 aliphatic heterocycles. The second kappa shape index (κ2) is 5.80. The van der Waals surface area contributed by atoms with E-state index >= 15 is 0 Å². The van der Waals surface area contributed by atoms with E-state index in [0.29, 0.717) is 0 Å². The molecule has 5 rings (SSSR count). The lowest BCUT2D eigenvalue weighted by Crippen LogP contribution is -1.98. The summed E-state index contributed by atoms with van der Waals surface area (Å²) in [5, 5.41) is 8.67. The van der Waals surface area contributed by atoms with Crippen LogP contribution in [0.1, 0.15) is 35.4 Å². The van der Waals surface area contributed by atoms with Gasteiger partial charge in [-0.15, -0.1) is 5.10 Å². The topological polar surface area (TPSA) is 30.7 Å². The number of aryl methyl sites for hydroxylation is 2. The molecule has 0 saturated heterocycles. The molecule has 1 aliphatic carbocycles. The fraction of sp³-hybridized carbons (Fsp3) is 0.217. The van der Waals surface area contributed by atoms with Gasteiger partial charge >= 0.3 is 0 Å². The van der Waals surface area contributed by atoms with Crippen molar-refractivity contribution in [3.63, 3.8) is 0 Å². The van der Waals surface area contributed by atoms with Gasteiger partial charge in [-0.25, -0.2) is 4.68 Å². The molecule has 128 valence electrons. The van der Waals surface area contributed by atoms with Crippen molar-refractivity contribution < 1.29 is 0 Å². The van der Waals surface area contributed by atoms with Crippen molar-refractivity contribution in [3.8, 4) is 16.8 Å². The number of aromatic nitrogens is 3. The molecule has 1 fully saturated rings. The van der Waals surface area contributed by atoms with Crippen LogP contribution >= 0.6 is 0 Å². The fourth-order valence-corrected chi connectivity index (χ4v) is 3.69. The van der Waals surface area contributed by atoms with Gasteiger partial charge in [0.25, 0.3) is 0 Å². The number of hydrogen-bond donors (Lipinski definition) is 0. The van der Waals surface area contributed by atoms with E-state index in [9.17, 15) is 0 Å². The first-order chi connectivity index (χ1) is 12.7. The fourth-order valence-electron chi connectivity index (χ4n) is 3.69. The molecular weight excluding hydrogens is 318 g/mol. The van der Waals surface area contributed by atoms with Crippen LogP contribution in [0.2, 0.25) is 0 Å². The standard InChI is InChI=1S/C23H21N3/c1-15-7-9-18(17-10-11-17)13-20(15)21-14-19(12-8-16(21)2)26-23-6-4-3-5-22(23)24-25-26/h3-9,12-14,17H,10-11H2,1-2H3. The molecule has 1 heterocycles. The minimum atomic E-state index is 0.761. The van der Waals surface area contributed by atoms with Gasteiger partial charge in [-0.2, -0.15) is 0 Å². The normalized spacial score (nSPS) is 14.1. The lowest BCUT2D eigenvalue weighted by atomic mass is 9.93. The van der Waals surface area contributed by atoms with E-state index in [1.807, 2.05) is 22.9 Å². The minimum Gasteiger partial charge on any atom is -0.213 e. The molecule has 1 aliphatic rings. The number of para-hydroxylation sites is 1. The van der Waals surface area contributed by atoms with Crippen molar-refractivity contribution in [2.75, 3.05) is 0 Å². The molecule has 1 aromatic heterocycles. The third-order valence-electron chi connectivity index (χ3n) is 5.42. The molecule has 0 bridgehead atoms. The van der Waals surface area contributed by atoms with Gasteiger partial charge in [0.15, 0.2) is 0 Å². The van der Waals surface area contributed by atoms with Crippen LogP contribution < -0.4 is 0 Å². The van der Waals surface area contributed by atoms with E-state index in [1.54, 1.807) is 0 Å². The summed E-state index contributed by atoms with van der Waals surface area (Å²) in [6.45, 7) is 4.38. The monoisotopic (exact) mass is 339 g/mol. The Morgan fingerprint density at radius 1 is 0.846 bits per heavy atom. The second-order valence-electron chi connectivity index (χ2n) is 7.34. The first-order valence-electron chi connectivity index (χ1n) is 9.23. The Bertz CT molecular complexity index is 1120. The van der Waals surface area contributed by atoms with Gasteiger partial charge in [-0.3, -0.25) is 0 Å². The zero-order valence-corrected chi connectivity index (χ0v) is 15.1. The summed E-state index contributed by atoms with van der Waals surface area (Å²) in [4.78, 5) is 0. The van der Waals surface area contributed by atoms with Crippen LogP contribution in [0.4, 0.5) is 0 Å². The van der Waals surface area contributed by atoms with Crippen molar-refractivity contribution >= 4 is 11.0 Å². The Morgan fingerprint density at radius 3 is 2.38 bits per heavy atom. The van der Waals surface area contributed by atoms with E-state index in [4.69, 9.17) is 0 Å². The Balaban J connectivity index is 1.67. The van der Waals surface area contributed by atoms with Crippen molar-refractivity contribution in [1.82, 2.24) is 15.0 Å². The van der Waals surface area contributed by atoms with Crippen molar-refractivity contribution in [2.24, 2.45) is 0 Å². The maximum Gasteiger partial charge on any atom is 0.113 e. The van der Waals surface area contributed by atoms with Gasteiger partial charge in [0.2, 0.25) is 0 Å². The van der Waals surface area contributed by atoms with Crippen molar-refractivity contribution in [1.29, 1.82) is 0 Å². The quantitative estimate of drug-likeness (QED) is 0.488. The van der Waals surface area contributed by atoms with Gasteiger partial charge in [-0.1, -0.05) is 41.6 Å². The molecule has 0 unspecified atom stereocenters. The molecule has 1 saturated carbocycles. The molecule has 0 N–H and O–H groups in total. The van der Waals surface area contributed by atoms with Crippen LogP contribution in [0.3, 0.4) is 0 Å². The summed E-state index contributed by atoms with van der Waals surface area (Å²) >= 11 is 0. The van der Waals surface area contributed by atoms with Gasteiger partial charge in [0.1, 0.15) is 5.52 Å². The number of rotatable bonds is 3. The Labute approximate surface area is 153 Å². The van der Waals surface area contributed by atoms with Crippen LogP contribution in [0.5, 0.6) is 0 Å². The molecule has 0 radical (unpaired) electrons. The third-order valence-corrected chi connectivity index (χ3v) is 5.42. The lowest BCUT2D eigenvalue weighted by Gasteiger charge is -2.13. The average Bonchev–Trinajstić information content (AvgIpc) is 3.42. The molecule has 4 aromatic rings. The molecule has 0 amide bonds. The molecule has 3 aromatic carbocycles. The Morgan fingerprint density at radius 2 is 1.58 bits per heavy atom. The summed E-state index contributed by atoms with van der Waals surface area (Å²) in [7, 11) is 0. The van der Waals surface area contributed by atoms with Crippen molar-refractivity contribution in [2.45, 2.75) is 32.6 Å². The highest BCUT2D eigenvalue weighted by Crippen LogP contribution is 2.42. The van der Waals surface area contributed by atoms with Crippen LogP contribution in [0.25, 0.3) is 27.8 Å². The first-order valence-corrected chi connectivity index (χ1v) is 9.23. The van der Waals surface area contributed by atoms with Crippen molar-refractivity contribution in [3.05, 3.63) is 77.4 Å². The highest BCUT2D eigenvalue weighted by Gasteiger charge is 2.24. The molecule has 0 atom stereocenters. The van der Waals surface area contributed by atoms with E-state index in [2.05, 4.69) is 66.6 Å². The number of benzene rings is 3. The van der Waals surface area contributed by atoms with Crippen LogP contribution in [-0.2, 0) is 0 Å². The number of nitrogens with zero attached hydrogens (tertiary/aromatic N) is 3. The van der Waals surface area contributed by atoms with E-state index in [-0.39, 0.29) is 0 Å². The van der Waals surface area contributed by atoms with E-state index < -0.39 is 0 Å². The maximum absolute atomic E-state index is 4.37. The number of hydrogen-bond acceptors (Lipinski definition) is 2. The zero-order chi connectivity index (χ0) is 17.7. The minimum absolute atomic E-state index is 0.761. The predicted molar refractivity (Wildman–Crippen MR) is 106 cm³/mol. The molecule has 3 nitrogen and oxygen atoms in total.